The van der Waals surface area contributed by atoms with Crippen LogP contribution in [0.5, 0.6) is 0 Å². The molecule has 1 amide bonds. The predicted octanol–water partition coefficient (Wildman–Crippen LogP) is 1.46. The van der Waals surface area contributed by atoms with Gasteiger partial charge in [-0.15, -0.1) is 0 Å². The Morgan fingerprint density at radius 2 is 2.22 bits per heavy atom. The van der Waals surface area contributed by atoms with Crippen LogP contribution in [0.2, 0.25) is 0 Å². The standard InChI is InChI=1S/C11H9N5OS/c1-18-11-15-8-6(10(17)16-11)5-13-7-3-2-4-12-9(7)14-8/h2-5,13H,1H3,(H,12,14,15,16,17). The molecule has 1 aromatic rings. The van der Waals surface area contributed by atoms with Gasteiger partial charge in [-0.3, -0.25) is 4.79 Å². The molecule has 1 aromatic heterocycles. The van der Waals surface area contributed by atoms with Gasteiger partial charge in [0.1, 0.15) is 11.4 Å². The van der Waals surface area contributed by atoms with Crippen LogP contribution in [0.1, 0.15) is 0 Å². The van der Waals surface area contributed by atoms with Crippen LogP contribution in [0.25, 0.3) is 0 Å². The molecule has 0 radical (unpaired) electrons. The minimum atomic E-state index is -0.308. The molecule has 0 saturated carbocycles. The van der Waals surface area contributed by atoms with Gasteiger partial charge in [-0.2, -0.15) is 4.99 Å². The molecule has 2 aliphatic rings. The van der Waals surface area contributed by atoms with Crippen LogP contribution >= 0.6 is 11.8 Å². The molecule has 0 unspecified atom stereocenters. The van der Waals surface area contributed by atoms with Gasteiger partial charge in [0.15, 0.2) is 11.0 Å². The van der Waals surface area contributed by atoms with Gasteiger partial charge in [0, 0.05) is 12.4 Å². The Hall–Kier alpha value is -2.15. The zero-order valence-electron chi connectivity index (χ0n) is 9.47. The number of nitrogens with one attached hydrogen (secondary N) is 2. The molecule has 6 nitrogen and oxygen atoms in total. The van der Waals surface area contributed by atoms with E-state index in [1.165, 1.54) is 11.8 Å². The number of aromatic nitrogens is 1. The van der Waals surface area contributed by atoms with Gasteiger partial charge in [-0.1, -0.05) is 11.8 Å². The maximum atomic E-state index is 11.9. The first-order valence-electron chi connectivity index (χ1n) is 5.23. The third-order valence-electron chi connectivity index (χ3n) is 2.49. The monoisotopic (exact) mass is 259 g/mol. The molecule has 2 aliphatic heterocycles. The van der Waals surface area contributed by atoms with E-state index in [4.69, 9.17) is 0 Å². The highest BCUT2D eigenvalue weighted by Gasteiger charge is 2.25. The molecule has 3 rings (SSSR count). The molecule has 0 saturated heterocycles. The van der Waals surface area contributed by atoms with Crippen LogP contribution in [0.15, 0.2) is 40.1 Å². The van der Waals surface area contributed by atoms with Crippen molar-refractivity contribution >= 4 is 40.2 Å². The maximum Gasteiger partial charge on any atom is 0.284 e. The van der Waals surface area contributed by atoms with Crippen molar-refractivity contribution in [3.63, 3.8) is 0 Å². The Labute approximate surface area is 107 Å². The molecule has 0 aliphatic carbocycles. The van der Waals surface area contributed by atoms with Gasteiger partial charge in [-0.05, 0) is 18.4 Å². The van der Waals surface area contributed by atoms with E-state index in [-0.39, 0.29) is 5.91 Å². The lowest BCUT2D eigenvalue weighted by Crippen LogP contribution is -2.24. The van der Waals surface area contributed by atoms with E-state index < -0.39 is 0 Å². The number of nitrogens with zero attached hydrogens (tertiary/aromatic N) is 3. The third kappa shape index (κ3) is 1.78. The lowest BCUT2D eigenvalue weighted by atomic mass is 10.2. The molecule has 90 valence electrons. The number of hydrogen-bond acceptors (Lipinski definition) is 6. The van der Waals surface area contributed by atoms with E-state index in [9.17, 15) is 4.79 Å². The van der Waals surface area contributed by atoms with Crippen molar-refractivity contribution in [3.8, 4) is 0 Å². The summed E-state index contributed by atoms with van der Waals surface area (Å²) in [6.07, 6.45) is 5.10. The number of aliphatic imine (C=N–C) groups is 2. The molecule has 0 bridgehead atoms. The Morgan fingerprint density at radius 3 is 3.06 bits per heavy atom. The quantitative estimate of drug-likeness (QED) is 0.737. The Morgan fingerprint density at radius 1 is 1.33 bits per heavy atom. The number of amides is 1. The summed E-state index contributed by atoms with van der Waals surface area (Å²) < 4.78 is 0. The van der Waals surface area contributed by atoms with Gasteiger partial charge in [-0.25, -0.2) is 9.98 Å². The van der Waals surface area contributed by atoms with E-state index in [2.05, 4.69) is 25.6 Å². The fourth-order valence-electron chi connectivity index (χ4n) is 1.63. The van der Waals surface area contributed by atoms with E-state index in [1.807, 2.05) is 18.4 Å². The number of fused-ring (bicyclic) bond motifs is 2. The van der Waals surface area contributed by atoms with E-state index >= 15 is 0 Å². The highest BCUT2D eigenvalue weighted by atomic mass is 32.2. The molecule has 0 atom stereocenters. The van der Waals surface area contributed by atoms with Crippen molar-refractivity contribution in [1.29, 1.82) is 0 Å². The van der Waals surface area contributed by atoms with E-state index in [0.717, 1.165) is 5.69 Å². The number of pyridine rings is 1. The number of carbonyl (C=O) groups is 1. The minimum Gasteiger partial charge on any atom is -0.358 e. The first kappa shape index (κ1) is 11.0. The fraction of sp³-hybridized carbons (Fsp3) is 0.0909. The molecule has 18 heavy (non-hydrogen) atoms. The predicted molar refractivity (Wildman–Crippen MR) is 73.0 cm³/mol. The molecule has 0 fully saturated rings. The van der Waals surface area contributed by atoms with Crippen molar-refractivity contribution in [2.45, 2.75) is 0 Å². The lowest BCUT2D eigenvalue weighted by molar-refractivity contribution is -0.113. The van der Waals surface area contributed by atoms with Crippen molar-refractivity contribution in [2.24, 2.45) is 9.98 Å². The van der Waals surface area contributed by atoms with Crippen LogP contribution in [0.3, 0.4) is 0 Å². The second-order valence-electron chi connectivity index (χ2n) is 3.59. The average Bonchev–Trinajstić information content (AvgIpc) is 2.57. The third-order valence-corrected chi connectivity index (χ3v) is 3.04. The number of hydrogen-bond donors (Lipinski definition) is 2. The summed E-state index contributed by atoms with van der Waals surface area (Å²) >= 11 is 1.33. The van der Waals surface area contributed by atoms with Gasteiger partial charge in [0.25, 0.3) is 5.91 Å². The first-order valence-corrected chi connectivity index (χ1v) is 6.45. The van der Waals surface area contributed by atoms with Crippen LogP contribution in [-0.2, 0) is 4.79 Å². The summed E-state index contributed by atoms with van der Waals surface area (Å²) in [5, 5.41) is 6.52. The second kappa shape index (κ2) is 4.26. The van der Waals surface area contributed by atoms with Crippen molar-refractivity contribution in [1.82, 2.24) is 4.98 Å². The van der Waals surface area contributed by atoms with Crippen LogP contribution in [0.4, 0.5) is 11.5 Å². The first-order chi connectivity index (χ1) is 8.78. The van der Waals surface area contributed by atoms with Crippen LogP contribution < -0.4 is 10.6 Å². The highest BCUT2D eigenvalue weighted by molar-refractivity contribution is 8.13. The second-order valence-corrected chi connectivity index (χ2v) is 4.36. The molecule has 0 spiro atoms. The molecule has 0 aromatic carbocycles. The molecule has 3 heterocycles. The highest BCUT2D eigenvalue weighted by Crippen LogP contribution is 2.24. The molecular formula is C11H9N5OS. The Bertz CT molecular complexity index is 620. The van der Waals surface area contributed by atoms with Crippen LogP contribution in [0, 0.1) is 0 Å². The number of thioether (sulfide) groups is 1. The van der Waals surface area contributed by atoms with Crippen molar-refractivity contribution in [3.05, 3.63) is 30.1 Å². The smallest absolute Gasteiger partial charge is 0.284 e. The number of anilines is 2. The SMILES string of the molecule is CSC1=NC(=O)C2=CNc3cccnc3NC2=N1. The average molecular weight is 259 g/mol. The van der Waals surface area contributed by atoms with Gasteiger partial charge in [0.05, 0.1) is 5.69 Å². The normalized spacial score (nSPS) is 17.2. The summed E-state index contributed by atoms with van der Waals surface area (Å²) in [7, 11) is 0. The number of rotatable bonds is 0. The molecule has 7 heteroatoms. The molecular weight excluding hydrogens is 250 g/mol. The minimum absolute atomic E-state index is 0.308. The lowest BCUT2D eigenvalue weighted by Gasteiger charge is -2.12. The zero-order chi connectivity index (χ0) is 12.5. The fourth-order valence-corrected chi connectivity index (χ4v) is 1.99. The summed E-state index contributed by atoms with van der Waals surface area (Å²) in [6, 6.07) is 3.68. The van der Waals surface area contributed by atoms with Gasteiger partial charge < -0.3 is 10.6 Å². The largest absolute Gasteiger partial charge is 0.358 e. The van der Waals surface area contributed by atoms with E-state index in [1.54, 1.807) is 12.4 Å². The van der Waals surface area contributed by atoms with Crippen molar-refractivity contribution in [2.75, 3.05) is 16.9 Å². The summed E-state index contributed by atoms with van der Waals surface area (Å²) in [6.45, 7) is 0. The molecule has 2 N–H and O–H groups in total. The summed E-state index contributed by atoms with van der Waals surface area (Å²) in [4.78, 5) is 24.2. The number of carbonyl (C=O) groups excluding carboxylic acids is 1. The van der Waals surface area contributed by atoms with Gasteiger partial charge >= 0.3 is 0 Å². The van der Waals surface area contributed by atoms with Crippen LogP contribution in [-0.4, -0.2) is 28.2 Å². The summed E-state index contributed by atoms with van der Waals surface area (Å²) in [5.41, 5.74) is 1.20. The van der Waals surface area contributed by atoms with Gasteiger partial charge in [0.2, 0.25) is 0 Å². The Balaban J connectivity index is 2.07. The zero-order valence-corrected chi connectivity index (χ0v) is 10.3. The van der Waals surface area contributed by atoms with E-state index in [0.29, 0.717) is 22.4 Å². The summed E-state index contributed by atoms with van der Waals surface area (Å²) in [5.74, 6) is 0.805. The maximum absolute atomic E-state index is 11.9. The number of amidine groups is 2. The van der Waals surface area contributed by atoms with Crippen molar-refractivity contribution < 1.29 is 4.79 Å². The topological polar surface area (TPSA) is 78.7 Å². The Kier molecular flexibility index (Phi) is 2.60.